The Morgan fingerprint density at radius 1 is 1.09 bits per heavy atom. The summed E-state index contributed by atoms with van der Waals surface area (Å²) in [6, 6.07) is 7.77. The van der Waals surface area contributed by atoms with Crippen LogP contribution in [0.15, 0.2) is 24.3 Å². The second kappa shape index (κ2) is 7.82. The van der Waals surface area contributed by atoms with Gasteiger partial charge in [0.05, 0.1) is 12.0 Å². The summed E-state index contributed by atoms with van der Waals surface area (Å²) >= 11 is 0. The molecule has 0 fully saturated rings. The number of hydrogen-bond donors (Lipinski definition) is 2. The lowest BCUT2D eigenvalue weighted by Gasteiger charge is -2.23. The van der Waals surface area contributed by atoms with Crippen molar-refractivity contribution in [3.63, 3.8) is 0 Å². The Kier molecular flexibility index (Phi) is 6.40. The van der Waals surface area contributed by atoms with Crippen molar-refractivity contribution in [3.05, 3.63) is 35.4 Å². The van der Waals surface area contributed by atoms with Gasteiger partial charge in [-0.2, -0.15) is 0 Å². The average molecular weight is 306 g/mol. The highest BCUT2D eigenvalue weighted by atomic mass is 16.4. The van der Waals surface area contributed by atoms with Gasteiger partial charge in [0.1, 0.15) is 0 Å². The molecule has 5 nitrogen and oxygen atoms in total. The predicted octanol–water partition coefficient (Wildman–Crippen LogP) is 3.23. The summed E-state index contributed by atoms with van der Waals surface area (Å²) in [5.74, 6) is -1.02. The minimum atomic E-state index is -0.906. The van der Waals surface area contributed by atoms with Crippen molar-refractivity contribution in [2.24, 2.45) is 5.92 Å². The van der Waals surface area contributed by atoms with Gasteiger partial charge in [0.2, 0.25) is 0 Å². The Morgan fingerprint density at radius 3 is 2.05 bits per heavy atom. The Labute approximate surface area is 132 Å². The molecular weight excluding hydrogens is 280 g/mol. The lowest BCUT2D eigenvalue weighted by molar-refractivity contribution is -0.141. The average Bonchev–Trinajstić information content (AvgIpc) is 2.46. The van der Waals surface area contributed by atoms with Crippen molar-refractivity contribution in [2.45, 2.75) is 39.7 Å². The van der Waals surface area contributed by atoms with Crippen LogP contribution in [0.4, 0.5) is 4.79 Å². The molecule has 0 radical (unpaired) electrons. The number of carboxylic acids is 1. The van der Waals surface area contributed by atoms with E-state index in [1.54, 1.807) is 14.0 Å². The lowest BCUT2D eigenvalue weighted by atomic mass is 10.00. The van der Waals surface area contributed by atoms with E-state index in [1.165, 1.54) is 10.5 Å². The first-order chi connectivity index (χ1) is 10.2. The monoisotopic (exact) mass is 306 g/mol. The molecule has 5 heteroatoms. The quantitative estimate of drug-likeness (QED) is 0.847. The summed E-state index contributed by atoms with van der Waals surface area (Å²) in [6.45, 7) is 7.95. The van der Waals surface area contributed by atoms with E-state index >= 15 is 0 Å². The zero-order valence-corrected chi connectivity index (χ0v) is 14.0. The van der Waals surface area contributed by atoms with Gasteiger partial charge in [-0.15, -0.1) is 0 Å². The van der Waals surface area contributed by atoms with Crippen LogP contribution in [0, 0.1) is 5.92 Å². The van der Waals surface area contributed by atoms with Crippen LogP contribution in [0.2, 0.25) is 0 Å². The summed E-state index contributed by atoms with van der Waals surface area (Å²) < 4.78 is 0. The van der Waals surface area contributed by atoms with Crippen molar-refractivity contribution in [1.82, 2.24) is 10.2 Å². The number of urea groups is 1. The number of carbonyl (C=O) groups excluding carboxylic acids is 1. The van der Waals surface area contributed by atoms with E-state index in [-0.39, 0.29) is 18.6 Å². The van der Waals surface area contributed by atoms with Crippen LogP contribution in [-0.2, 0) is 4.79 Å². The third kappa shape index (κ3) is 5.06. The van der Waals surface area contributed by atoms with Gasteiger partial charge in [-0.05, 0) is 24.0 Å². The smallest absolute Gasteiger partial charge is 0.317 e. The Bertz CT molecular complexity index is 511. The summed E-state index contributed by atoms with van der Waals surface area (Å²) in [5.41, 5.74) is 2.28. The van der Waals surface area contributed by atoms with Crippen LogP contribution >= 0.6 is 0 Å². The SMILES string of the molecule is CC(CN(C)C(=O)NC(C)c1ccc(C(C)C)cc1)C(=O)O. The molecular formula is C17H26N2O3. The third-order valence-electron chi connectivity index (χ3n) is 3.76. The molecule has 0 aliphatic heterocycles. The second-order valence-electron chi connectivity index (χ2n) is 6.11. The summed E-state index contributed by atoms with van der Waals surface area (Å²) in [6.07, 6.45) is 0. The molecule has 0 aliphatic rings. The fraction of sp³-hybridized carbons (Fsp3) is 0.529. The van der Waals surface area contributed by atoms with E-state index < -0.39 is 11.9 Å². The van der Waals surface area contributed by atoms with Crippen LogP contribution in [0.5, 0.6) is 0 Å². The van der Waals surface area contributed by atoms with Crippen molar-refractivity contribution >= 4 is 12.0 Å². The number of nitrogens with one attached hydrogen (secondary N) is 1. The molecule has 22 heavy (non-hydrogen) atoms. The zero-order chi connectivity index (χ0) is 16.9. The highest BCUT2D eigenvalue weighted by Gasteiger charge is 2.18. The number of carbonyl (C=O) groups is 2. The number of amides is 2. The minimum absolute atomic E-state index is 0.128. The Morgan fingerprint density at radius 2 is 1.59 bits per heavy atom. The van der Waals surface area contributed by atoms with Crippen LogP contribution in [0.1, 0.15) is 50.8 Å². The van der Waals surface area contributed by atoms with Crippen LogP contribution < -0.4 is 5.32 Å². The topological polar surface area (TPSA) is 69.6 Å². The van der Waals surface area contributed by atoms with Crippen molar-refractivity contribution in [3.8, 4) is 0 Å². The fourth-order valence-corrected chi connectivity index (χ4v) is 2.12. The van der Waals surface area contributed by atoms with Crippen molar-refractivity contribution in [1.29, 1.82) is 0 Å². The lowest BCUT2D eigenvalue weighted by Crippen LogP contribution is -2.41. The van der Waals surface area contributed by atoms with Gasteiger partial charge in [0.25, 0.3) is 0 Å². The summed E-state index contributed by atoms with van der Waals surface area (Å²) in [7, 11) is 1.60. The molecule has 122 valence electrons. The van der Waals surface area contributed by atoms with Gasteiger partial charge in [0, 0.05) is 13.6 Å². The summed E-state index contributed by atoms with van der Waals surface area (Å²) in [5, 5.41) is 11.8. The maximum absolute atomic E-state index is 12.1. The first-order valence-corrected chi connectivity index (χ1v) is 7.56. The van der Waals surface area contributed by atoms with E-state index in [1.807, 2.05) is 19.1 Å². The van der Waals surface area contributed by atoms with Gasteiger partial charge in [0.15, 0.2) is 0 Å². The standard InChI is InChI=1S/C17H26N2O3/c1-11(2)14-6-8-15(9-7-14)13(4)18-17(22)19(5)10-12(3)16(20)21/h6-9,11-13H,10H2,1-5H3,(H,18,22)(H,20,21). The Balaban J connectivity index is 2.61. The molecule has 2 unspecified atom stereocenters. The number of nitrogens with zero attached hydrogens (tertiary/aromatic N) is 1. The molecule has 1 rings (SSSR count). The molecule has 2 amide bonds. The van der Waals surface area contributed by atoms with Gasteiger partial charge >= 0.3 is 12.0 Å². The number of carboxylic acid groups (broad SMARTS) is 1. The maximum Gasteiger partial charge on any atom is 0.317 e. The fourth-order valence-electron chi connectivity index (χ4n) is 2.12. The molecule has 0 bridgehead atoms. The predicted molar refractivity (Wildman–Crippen MR) is 86.9 cm³/mol. The first kappa shape index (κ1) is 18.0. The van der Waals surface area contributed by atoms with Crippen LogP contribution in [-0.4, -0.2) is 35.6 Å². The normalized spacial score (nSPS) is 13.5. The van der Waals surface area contributed by atoms with E-state index in [4.69, 9.17) is 5.11 Å². The third-order valence-corrected chi connectivity index (χ3v) is 3.76. The van der Waals surface area contributed by atoms with Crippen molar-refractivity contribution in [2.75, 3.05) is 13.6 Å². The summed E-state index contributed by atoms with van der Waals surface area (Å²) in [4.78, 5) is 24.3. The van der Waals surface area contributed by atoms with Gasteiger partial charge in [-0.3, -0.25) is 4.79 Å². The second-order valence-corrected chi connectivity index (χ2v) is 6.11. The molecule has 0 saturated heterocycles. The van der Waals surface area contributed by atoms with E-state index in [0.29, 0.717) is 5.92 Å². The van der Waals surface area contributed by atoms with Crippen molar-refractivity contribution < 1.29 is 14.7 Å². The number of hydrogen-bond acceptors (Lipinski definition) is 2. The van der Waals surface area contributed by atoms with E-state index in [0.717, 1.165) is 5.56 Å². The first-order valence-electron chi connectivity index (χ1n) is 7.56. The zero-order valence-electron chi connectivity index (χ0n) is 14.0. The molecule has 1 aromatic rings. The highest BCUT2D eigenvalue weighted by Crippen LogP contribution is 2.18. The molecule has 2 atom stereocenters. The van der Waals surface area contributed by atoms with Gasteiger partial charge in [-0.25, -0.2) is 4.79 Å². The number of benzene rings is 1. The molecule has 0 heterocycles. The largest absolute Gasteiger partial charge is 0.481 e. The molecule has 2 N–H and O–H groups in total. The molecule has 0 spiro atoms. The molecule has 0 aromatic heterocycles. The van der Waals surface area contributed by atoms with Gasteiger partial charge in [-0.1, -0.05) is 45.0 Å². The van der Waals surface area contributed by atoms with Gasteiger partial charge < -0.3 is 15.3 Å². The molecule has 0 saturated carbocycles. The molecule has 0 aliphatic carbocycles. The Hall–Kier alpha value is -2.04. The molecule has 1 aromatic carbocycles. The van der Waals surface area contributed by atoms with E-state index in [9.17, 15) is 9.59 Å². The van der Waals surface area contributed by atoms with Crippen LogP contribution in [0.3, 0.4) is 0 Å². The highest BCUT2D eigenvalue weighted by molar-refractivity contribution is 5.76. The number of aliphatic carboxylic acids is 1. The van der Waals surface area contributed by atoms with E-state index in [2.05, 4.69) is 31.3 Å². The maximum atomic E-state index is 12.1. The number of rotatable bonds is 6. The minimum Gasteiger partial charge on any atom is -0.481 e. The van der Waals surface area contributed by atoms with Crippen LogP contribution in [0.25, 0.3) is 0 Å².